The van der Waals surface area contributed by atoms with Crippen LogP contribution in [0.5, 0.6) is 0 Å². The number of thiol groups is 1. The Balaban J connectivity index is 3.10. The number of carbonyl (C=O) groups is 8. The molecule has 1 saturated heterocycles. The molecule has 230 valence electrons. The molecule has 19 heteroatoms. The van der Waals surface area contributed by atoms with E-state index in [2.05, 4.69) is 28.6 Å². The molecular formula is C22H35N7O11S. The van der Waals surface area contributed by atoms with E-state index in [-0.39, 0.29) is 18.7 Å². The number of nitrogens with one attached hydrogen (secondary N) is 4. The van der Waals surface area contributed by atoms with Crippen LogP contribution in [0.3, 0.4) is 0 Å². The lowest BCUT2D eigenvalue weighted by atomic mass is 10.1. The zero-order chi connectivity index (χ0) is 31.4. The van der Waals surface area contributed by atoms with Gasteiger partial charge in [-0.15, -0.1) is 0 Å². The van der Waals surface area contributed by atoms with Gasteiger partial charge in [0.2, 0.25) is 35.4 Å². The second-order valence-electron chi connectivity index (χ2n) is 9.21. The molecule has 0 aromatic heterocycles. The van der Waals surface area contributed by atoms with E-state index >= 15 is 0 Å². The summed E-state index contributed by atoms with van der Waals surface area (Å²) in [5.41, 5.74) is 10.8. The molecule has 0 bridgehead atoms. The van der Waals surface area contributed by atoms with E-state index in [1.165, 1.54) is 0 Å². The number of aliphatic hydroxyl groups excluding tert-OH is 1. The molecule has 1 heterocycles. The first-order chi connectivity index (χ1) is 19.1. The average molecular weight is 606 g/mol. The Hall–Kier alpha value is -3.97. The molecule has 41 heavy (non-hydrogen) atoms. The molecule has 11 N–H and O–H groups in total. The van der Waals surface area contributed by atoms with Crippen molar-refractivity contribution in [3.05, 3.63) is 0 Å². The van der Waals surface area contributed by atoms with Crippen molar-refractivity contribution in [3.63, 3.8) is 0 Å². The molecule has 1 aliphatic rings. The van der Waals surface area contributed by atoms with Crippen LogP contribution in [-0.4, -0.2) is 123 Å². The smallest absolute Gasteiger partial charge is 0.322 e. The predicted octanol–water partition coefficient (Wildman–Crippen LogP) is -5.38. The van der Waals surface area contributed by atoms with Gasteiger partial charge >= 0.3 is 11.9 Å². The van der Waals surface area contributed by atoms with Crippen molar-refractivity contribution >= 4 is 60.0 Å². The van der Waals surface area contributed by atoms with Crippen molar-refractivity contribution in [2.24, 2.45) is 11.5 Å². The van der Waals surface area contributed by atoms with E-state index in [0.29, 0.717) is 6.42 Å². The standard InChI is InChI=1S/C22H35N7O11S/c1-9(30)17(21(39)25-7-16(34)35)28-19(37)11(5-14(24)31)26-20(38)13-3-2-4-29(13)22(40)12(6-15(32)33)27-18(36)10(23)8-41/h9-13,17,30,41H,2-8,23H2,1H3,(H2,24,31)(H,25,39)(H,26,38)(H,27,36)(H,28,37)(H,32,33)(H,34,35)/t9-,10+,11+,12+,13+,17+/m1/s1. The third-order valence-corrected chi connectivity index (χ3v) is 6.27. The number of rotatable bonds is 16. The maximum atomic E-state index is 13.2. The van der Waals surface area contributed by atoms with Crippen molar-refractivity contribution in [2.45, 2.75) is 68.9 Å². The van der Waals surface area contributed by atoms with Gasteiger partial charge in [-0.3, -0.25) is 38.4 Å². The number of nitrogens with two attached hydrogens (primary N) is 2. The molecular weight excluding hydrogens is 570 g/mol. The van der Waals surface area contributed by atoms with E-state index in [1.54, 1.807) is 0 Å². The number of aliphatic carboxylic acids is 2. The van der Waals surface area contributed by atoms with E-state index in [0.717, 1.165) is 11.8 Å². The quantitative estimate of drug-likeness (QED) is 0.0738. The molecule has 0 aromatic carbocycles. The second-order valence-corrected chi connectivity index (χ2v) is 9.57. The summed E-state index contributed by atoms with van der Waals surface area (Å²) in [6.07, 6.45) is -2.70. The number of amides is 6. The van der Waals surface area contributed by atoms with Gasteiger partial charge in [-0.25, -0.2) is 0 Å². The minimum Gasteiger partial charge on any atom is -0.481 e. The summed E-state index contributed by atoms with van der Waals surface area (Å²) in [6.45, 7) is 0.321. The Morgan fingerprint density at radius 2 is 1.56 bits per heavy atom. The summed E-state index contributed by atoms with van der Waals surface area (Å²) in [7, 11) is 0. The summed E-state index contributed by atoms with van der Waals surface area (Å²) < 4.78 is 0. The summed E-state index contributed by atoms with van der Waals surface area (Å²) in [5.74, 6) is -8.76. The first-order valence-electron chi connectivity index (χ1n) is 12.3. The van der Waals surface area contributed by atoms with Gasteiger partial charge in [0, 0.05) is 12.3 Å². The van der Waals surface area contributed by atoms with Gasteiger partial charge in [-0.1, -0.05) is 0 Å². The molecule has 1 fully saturated rings. The number of carboxylic acid groups (broad SMARTS) is 2. The van der Waals surface area contributed by atoms with Crippen LogP contribution in [0.4, 0.5) is 0 Å². The SMILES string of the molecule is C[C@@H](O)[C@H](NC(=O)[C@H](CC(N)=O)NC(=O)[C@@H]1CCCN1C(=O)[C@H](CC(=O)O)NC(=O)[C@@H](N)CS)C(=O)NCC(=O)O. The predicted molar refractivity (Wildman–Crippen MR) is 141 cm³/mol. The van der Waals surface area contributed by atoms with Crippen LogP contribution >= 0.6 is 12.6 Å². The molecule has 0 aromatic rings. The Morgan fingerprint density at radius 1 is 0.927 bits per heavy atom. The maximum Gasteiger partial charge on any atom is 0.322 e. The zero-order valence-corrected chi connectivity index (χ0v) is 23.0. The average Bonchev–Trinajstić information content (AvgIpc) is 3.37. The van der Waals surface area contributed by atoms with Crippen LogP contribution in [0.15, 0.2) is 0 Å². The summed E-state index contributed by atoms with van der Waals surface area (Å²) >= 11 is 3.88. The molecule has 6 amide bonds. The van der Waals surface area contributed by atoms with E-state index < -0.39 is 103 Å². The lowest BCUT2D eigenvalue weighted by molar-refractivity contribution is -0.146. The van der Waals surface area contributed by atoms with Crippen LogP contribution in [-0.2, 0) is 38.4 Å². The van der Waals surface area contributed by atoms with Crippen LogP contribution in [0.25, 0.3) is 0 Å². The first-order valence-corrected chi connectivity index (χ1v) is 13.0. The summed E-state index contributed by atoms with van der Waals surface area (Å²) in [4.78, 5) is 98.3. The number of carbonyl (C=O) groups excluding carboxylic acids is 6. The number of carboxylic acids is 2. The molecule has 0 radical (unpaired) electrons. The fourth-order valence-electron chi connectivity index (χ4n) is 3.85. The van der Waals surface area contributed by atoms with Gasteiger partial charge in [-0.2, -0.15) is 12.6 Å². The monoisotopic (exact) mass is 605 g/mol. The fraction of sp³-hybridized carbons (Fsp3) is 0.636. The van der Waals surface area contributed by atoms with Crippen molar-refractivity contribution in [1.29, 1.82) is 0 Å². The summed E-state index contributed by atoms with van der Waals surface area (Å²) in [6, 6.07) is -7.27. The number of hydrogen-bond donors (Lipinski definition) is 10. The lowest BCUT2D eigenvalue weighted by Gasteiger charge is -2.30. The number of aliphatic hydroxyl groups is 1. The van der Waals surface area contributed by atoms with Gasteiger partial charge in [0.1, 0.15) is 30.7 Å². The van der Waals surface area contributed by atoms with Crippen LogP contribution in [0.1, 0.15) is 32.6 Å². The van der Waals surface area contributed by atoms with Crippen molar-refractivity contribution in [1.82, 2.24) is 26.2 Å². The Morgan fingerprint density at radius 3 is 2.07 bits per heavy atom. The second kappa shape index (κ2) is 16.3. The van der Waals surface area contributed by atoms with Gasteiger partial charge in [0.05, 0.1) is 25.0 Å². The molecule has 0 aliphatic carbocycles. The number of likely N-dealkylation sites (tertiary alicyclic amines) is 1. The molecule has 6 atom stereocenters. The highest BCUT2D eigenvalue weighted by Gasteiger charge is 2.40. The fourth-order valence-corrected chi connectivity index (χ4v) is 4.02. The molecule has 0 spiro atoms. The summed E-state index contributed by atoms with van der Waals surface area (Å²) in [5, 5.41) is 36.5. The lowest BCUT2D eigenvalue weighted by Crippen LogP contribution is -2.60. The molecule has 18 nitrogen and oxygen atoms in total. The maximum absolute atomic E-state index is 13.2. The third-order valence-electron chi connectivity index (χ3n) is 5.88. The largest absolute Gasteiger partial charge is 0.481 e. The van der Waals surface area contributed by atoms with Gasteiger partial charge in [0.15, 0.2) is 0 Å². The number of nitrogens with zero attached hydrogens (tertiary/aromatic N) is 1. The van der Waals surface area contributed by atoms with Crippen LogP contribution in [0.2, 0.25) is 0 Å². The Labute approximate surface area is 239 Å². The van der Waals surface area contributed by atoms with E-state index in [4.69, 9.17) is 16.6 Å². The molecule has 1 aliphatic heterocycles. The molecule has 0 saturated carbocycles. The third kappa shape index (κ3) is 11.2. The highest BCUT2D eigenvalue weighted by atomic mass is 32.1. The van der Waals surface area contributed by atoms with Crippen molar-refractivity contribution in [2.75, 3.05) is 18.8 Å². The zero-order valence-electron chi connectivity index (χ0n) is 22.1. The topological polar surface area (TPSA) is 301 Å². The number of hydrogen-bond acceptors (Lipinski definition) is 11. The first kappa shape index (κ1) is 35.1. The normalized spacial score (nSPS) is 18.1. The minimum absolute atomic E-state index is 0.00205. The van der Waals surface area contributed by atoms with Gasteiger partial charge < -0.3 is 53.0 Å². The highest BCUT2D eigenvalue weighted by molar-refractivity contribution is 7.80. The molecule has 1 rings (SSSR count). The van der Waals surface area contributed by atoms with Gasteiger partial charge in [-0.05, 0) is 19.8 Å². The minimum atomic E-state index is -1.67. The number of primary amides is 1. The van der Waals surface area contributed by atoms with Gasteiger partial charge in [0.25, 0.3) is 0 Å². The molecule has 0 unspecified atom stereocenters. The van der Waals surface area contributed by atoms with Crippen molar-refractivity contribution < 1.29 is 53.7 Å². The van der Waals surface area contributed by atoms with Crippen molar-refractivity contribution in [3.8, 4) is 0 Å². The van der Waals surface area contributed by atoms with Crippen LogP contribution < -0.4 is 32.7 Å². The van der Waals surface area contributed by atoms with E-state index in [1.807, 2.05) is 5.32 Å². The van der Waals surface area contributed by atoms with Crippen LogP contribution in [0, 0.1) is 0 Å². The Kier molecular flexibility index (Phi) is 14.0. The Bertz CT molecular complexity index is 1040. The highest BCUT2D eigenvalue weighted by Crippen LogP contribution is 2.20. The van der Waals surface area contributed by atoms with E-state index in [9.17, 15) is 48.6 Å².